The minimum Gasteiger partial charge on any atom is -0.303 e. The standard InChI is InChI=1S/C15H26O/c1-12(14(3)13(2)11-16)9-10-15-7-5-4-6-8-15/h9-15H,4-8H2,1-3H3/b10-9+/t12-,13-,14+/m0/s1. The number of carbonyl (C=O) groups is 1. The molecular weight excluding hydrogens is 196 g/mol. The maximum absolute atomic E-state index is 10.7. The first-order valence-corrected chi connectivity index (χ1v) is 6.78. The topological polar surface area (TPSA) is 17.1 Å². The average molecular weight is 222 g/mol. The Bertz CT molecular complexity index is 226. The fraction of sp³-hybridized carbons (Fsp3) is 0.800. The summed E-state index contributed by atoms with van der Waals surface area (Å²) in [5, 5.41) is 0. The SMILES string of the molecule is C[C@@H]([C@@H](C)C=O)[C@@H](C)/C=C/C1CCCCC1. The molecule has 0 aliphatic heterocycles. The molecule has 0 N–H and O–H groups in total. The lowest BCUT2D eigenvalue weighted by Crippen LogP contribution is -2.16. The van der Waals surface area contributed by atoms with Gasteiger partial charge in [0.2, 0.25) is 0 Å². The van der Waals surface area contributed by atoms with Crippen molar-refractivity contribution in [3.63, 3.8) is 0 Å². The zero-order valence-electron chi connectivity index (χ0n) is 11.0. The summed E-state index contributed by atoms with van der Waals surface area (Å²) in [7, 11) is 0. The summed E-state index contributed by atoms with van der Waals surface area (Å²) in [6.07, 6.45) is 12.7. The van der Waals surface area contributed by atoms with Crippen molar-refractivity contribution in [3.8, 4) is 0 Å². The van der Waals surface area contributed by atoms with Crippen LogP contribution >= 0.6 is 0 Å². The van der Waals surface area contributed by atoms with Gasteiger partial charge in [0.15, 0.2) is 0 Å². The van der Waals surface area contributed by atoms with Gasteiger partial charge in [-0.2, -0.15) is 0 Å². The van der Waals surface area contributed by atoms with Crippen molar-refractivity contribution < 1.29 is 4.79 Å². The monoisotopic (exact) mass is 222 g/mol. The van der Waals surface area contributed by atoms with E-state index < -0.39 is 0 Å². The molecule has 0 aromatic carbocycles. The molecule has 0 amide bonds. The van der Waals surface area contributed by atoms with Crippen LogP contribution in [0.2, 0.25) is 0 Å². The van der Waals surface area contributed by atoms with Crippen molar-refractivity contribution in [1.82, 2.24) is 0 Å². The van der Waals surface area contributed by atoms with Crippen molar-refractivity contribution in [2.75, 3.05) is 0 Å². The van der Waals surface area contributed by atoms with Crippen LogP contribution in [0.5, 0.6) is 0 Å². The van der Waals surface area contributed by atoms with Gasteiger partial charge in [0.05, 0.1) is 0 Å². The summed E-state index contributed by atoms with van der Waals surface area (Å²) in [6.45, 7) is 6.42. The first-order chi connectivity index (χ1) is 7.65. The van der Waals surface area contributed by atoms with Gasteiger partial charge in [0.1, 0.15) is 6.29 Å². The first-order valence-electron chi connectivity index (χ1n) is 6.78. The van der Waals surface area contributed by atoms with Crippen LogP contribution in [-0.2, 0) is 4.79 Å². The van der Waals surface area contributed by atoms with Crippen LogP contribution in [0.1, 0.15) is 52.9 Å². The highest BCUT2D eigenvalue weighted by molar-refractivity contribution is 5.53. The Morgan fingerprint density at radius 3 is 2.19 bits per heavy atom. The van der Waals surface area contributed by atoms with Gasteiger partial charge in [0, 0.05) is 5.92 Å². The van der Waals surface area contributed by atoms with Crippen LogP contribution in [0.4, 0.5) is 0 Å². The molecular formula is C15H26O. The number of allylic oxidation sites excluding steroid dienone is 2. The molecule has 3 atom stereocenters. The smallest absolute Gasteiger partial charge is 0.123 e. The number of carbonyl (C=O) groups excluding carboxylic acids is 1. The number of hydrogen-bond acceptors (Lipinski definition) is 1. The zero-order chi connectivity index (χ0) is 12.0. The van der Waals surface area contributed by atoms with E-state index >= 15 is 0 Å². The van der Waals surface area contributed by atoms with Gasteiger partial charge in [-0.3, -0.25) is 0 Å². The summed E-state index contributed by atoms with van der Waals surface area (Å²) in [5.41, 5.74) is 0. The molecule has 0 aromatic heterocycles. The Balaban J connectivity index is 2.39. The lowest BCUT2D eigenvalue weighted by atomic mass is 9.83. The Hall–Kier alpha value is -0.590. The first kappa shape index (κ1) is 13.5. The van der Waals surface area contributed by atoms with E-state index in [1.54, 1.807) is 0 Å². The molecule has 1 nitrogen and oxygen atoms in total. The number of hydrogen-bond donors (Lipinski definition) is 0. The van der Waals surface area contributed by atoms with E-state index in [1.807, 2.05) is 6.92 Å². The van der Waals surface area contributed by atoms with Crippen molar-refractivity contribution >= 4 is 6.29 Å². The van der Waals surface area contributed by atoms with E-state index in [4.69, 9.17) is 0 Å². The van der Waals surface area contributed by atoms with Crippen molar-refractivity contribution in [3.05, 3.63) is 12.2 Å². The molecule has 1 heteroatoms. The highest BCUT2D eigenvalue weighted by atomic mass is 16.1. The second-order valence-electron chi connectivity index (χ2n) is 5.50. The molecule has 0 saturated heterocycles. The third-order valence-corrected chi connectivity index (χ3v) is 4.21. The molecule has 1 aliphatic rings. The van der Waals surface area contributed by atoms with Gasteiger partial charge >= 0.3 is 0 Å². The Morgan fingerprint density at radius 1 is 1.00 bits per heavy atom. The molecule has 16 heavy (non-hydrogen) atoms. The second kappa shape index (κ2) is 6.88. The van der Waals surface area contributed by atoms with Crippen molar-refractivity contribution in [2.24, 2.45) is 23.7 Å². The number of aldehydes is 1. The third-order valence-electron chi connectivity index (χ3n) is 4.21. The minimum atomic E-state index is 0.172. The normalized spacial score (nSPS) is 24.2. The van der Waals surface area contributed by atoms with Gasteiger partial charge < -0.3 is 4.79 Å². The maximum atomic E-state index is 10.7. The highest BCUT2D eigenvalue weighted by Gasteiger charge is 2.17. The van der Waals surface area contributed by atoms with Gasteiger partial charge in [-0.15, -0.1) is 0 Å². The molecule has 0 spiro atoms. The van der Waals surface area contributed by atoms with E-state index in [0.717, 1.165) is 12.2 Å². The van der Waals surface area contributed by atoms with Crippen LogP contribution in [0.25, 0.3) is 0 Å². The fourth-order valence-electron chi connectivity index (χ4n) is 2.44. The van der Waals surface area contributed by atoms with Gasteiger partial charge in [0.25, 0.3) is 0 Å². The molecule has 92 valence electrons. The Kier molecular flexibility index (Phi) is 5.79. The summed E-state index contributed by atoms with van der Waals surface area (Å²) < 4.78 is 0. The van der Waals surface area contributed by atoms with Crippen molar-refractivity contribution in [2.45, 2.75) is 52.9 Å². The molecule has 0 aromatic rings. The fourth-order valence-corrected chi connectivity index (χ4v) is 2.44. The molecule has 0 heterocycles. The molecule has 1 aliphatic carbocycles. The summed E-state index contributed by atoms with van der Waals surface area (Å²) in [4.78, 5) is 10.7. The molecule has 1 rings (SSSR count). The predicted octanol–water partition coefficient (Wildman–Crippen LogP) is 4.23. The minimum absolute atomic E-state index is 0.172. The van der Waals surface area contributed by atoms with Crippen LogP contribution in [0, 0.1) is 23.7 Å². The zero-order valence-corrected chi connectivity index (χ0v) is 11.0. The lowest BCUT2D eigenvalue weighted by molar-refractivity contribution is -0.112. The largest absolute Gasteiger partial charge is 0.303 e. The lowest BCUT2D eigenvalue weighted by Gasteiger charge is -2.22. The van der Waals surface area contributed by atoms with E-state index in [2.05, 4.69) is 26.0 Å². The van der Waals surface area contributed by atoms with Crippen LogP contribution in [0.3, 0.4) is 0 Å². The quantitative estimate of drug-likeness (QED) is 0.502. The van der Waals surface area contributed by atoms with E-state index in [9.17, 15) is 4.79 Å². The van der Waals surface area contributed by atoms with Crippen LogP contribution in [0.15, 0.2) is 12.2 Å². The van der Waals surface area contributed by atoms with E-state index in [1.165, 1.54) is 32.1 Å². The Morgan fingerprint density at radius 2 is 1.62 bits per heavy atom. The van der Waals surface area contributed by atoms with Crippen LogP contribution < -0.4 is 0 Å². The van der Waals surface area contributed by atoms with E-state index in [-0.39, 0.29) is 5.92 Å². The van der Waals surface area contributed by atoms with Gasteiger partial charge in [-0.05, 0) is 30.6 Å². The van der Waals surface area contributed by atoms with E-state index in [0.29, 0.717) is 11.8 Å². The summed E-state index contributed by atoms with van der Waals surface area (Å²) >= 11 is 0. The summed E-state index contributed by atoms with van der Waals surface area (Å²) in [5.74, 6) is 1.94. The second-order valence-corrected chi connectivity index (χ2v) is 5.50. The molecule has 0 unspecified atom stereocenters. The van der Waals surface area contributed by atoms with Crippen LogP contribution in [-0.4, -0.2) is 6.29 Å². The highest BCUT2D eigenvalue weighted by Crippen LogP contribution is 2.26. The average Bonchev–Trinajstić information content (AvgIpc) is 2.35. The summed E-state index contributed by atoms with van der Waals surface area (Å²) in [6, 6.07) is 0. The van der Waals surface area contributed by atoms with Gasteiger partial charge in [-0.25, -0.2) is 0 Å². The molecule has 0 bridgehead atoms. The van der Waals surface area contributed by atoms with Gasteiger partial charge in [-0.1, -0.05) is 52.2 Å². The van der Waals surface area contributed by atoms with Crippen molar-refractivity contribution in [1.29, 1.82) is 0 Å². The molecule has 1 saturated carbocycles. The Labute approximate surface area is 100 Å². The predicted molar refractivity (Wildman–Crippen MR) is 69.3 cm³/mol. The number of rotatable bonds is 5. The third kappa shape index (κ3) is 4.11. The molecule has 0 radical (unpaired) electrons. The maximum Gasteiger partial charge on any atom is 0.123 e. The molecule has 1 fully saturated rings.